The van der Waals surface area contributed by atoms with Gasteiger partial charge in [-0.1, -0.05) is 6.07 Å². The molecule has 0 aliphatic rings. The number of pyridine rings is 1. The van der Waals surface area contributed by atoms with Crippen molar-refractivity contribution >= 4 is 5.69 Å². The lowest BCUT2D eigenvalue weighted by atomic mass is 10.2. The monoisotopic (exact) mass is 258 g/mol. The minimum absolute atomic E-state index is 0.693. The Morgan fingerprint density at radius 1 is 1.11 bits per heavy atom. The molecule has 0 unspecified atom stereocenters. The lowest BCUT2D eigenvalue weighted by molar-refractivity contribution is 0.404. The first-order chi connectivity index (χ1) is 9.22. The Kier molecular flexibility index (Phi) is 4.23. The average Bonchev–Trinajstić information content (AvgIpc) is 2.45. The SMILES string of the molecule is COc1ccc(OC)c(NCc2cncc(C)c2)c1. The maximum absolute atomic E-state index is 5.32. The molecule has 100 valence electrons. The highest BCUT2D eigenvalue weighted by molar-refractivity contribution is 5.59. The summed E-state index contributed by atoms with van der Waals surface area (Å²) in [6.45, 7) is 2.72. The van der Waals surface area contributed by atoms with E-state index in [0.717, 1.165) is 28.3 Å². The number of hydrogen-bond acceptors (Lipinski definition) is 4. The Morgan fingerprint density at radius 2 is 1.95 bits per heavy atom. The van der Waals surface area contributed by atoms with Crippen LogP contribution in [0, 0.1) is 6.92 Å². The van der Waals surface area contributed by atoms with Crippen LogP contribution in [0.25, 0.3) is 0 Å². The molecule has 1 aromatic heterocycles. The van der Waals surface area contributed by atoms with Crippen molar-refractivity contribution in [2.45, 2.75) is 13.5 Å². The number of benzene rings is 1. The molecule has 0 aliphatic heterocycles. The van der Waals surface area contributed by atoms with Gasteiger partial charge >= 0.3 is 0 Å². The Balaban J connectivity index is 2.14. The first-order valence-corrected chi connectivity index (χ1v) is 6.09. The fourth-order valence-corrected chi connectivity index (χ4v) is 1.86. The van der Waals surface area contributed by atoms with E-state index >= 15 is 0 Å². The van der Waals surface area contributed by atoms with E-state index in [0.29, 0.717) is 6.54 Å². The molecule has 0 radical (unpaired) electrons. The van der Waals surface area contributed by atoms with Gasteiger partial charge in [0.25, 0.3) is 0 Å². The lowest BCUT2D eigenvalue weighted by Gasteiger charge is -2.12. The predicted octanol–water partition coefficient (Wildman–Crippen LogP) is 3.02. The van der Waals surface area contributed by atoms with Crippen LogP contribution >= 0.6 is 0 Å². The number of aromatic nitrogens is 1. The highest BCUT2D eigenvalue weighted by Crippen LogP contribution is 2.29. The normalized spacial score (nSPS) is 10.1. The molecular formula is C15H18N2O2. The fraction of sp³-hybridized carbons (Fsp3) is 0.267. The van der Waals surface area contributed by atoms with Crippen molar-refractivity contribution in [1.29, 1.82) is 0 Å². The van der Waals surface area contributed by atoms with Gasteiger partial charge in [0.05, 0.1) is 19.9 Å². The molecule has 0 aliphatic carbocycles. The van der Waals surface area contributed by atoms with Crippen molar-refractivity contribution in [2.75, 3.05) is 19.5 Å². The van der Waals surface area contributed by atoms with Crippen LogP contribution in [0.1, 0.15) is 11.1 Å². The number of aryl methyl sites for hydroxylation is 1. The summed E-state index contributed by atoms with van der Waals surface area (Å²) in [7, 11) is 3.30. The third kappa shape index (κ3) is 3.37. The summed E-state index contributed by atoms with van der Waals surface area (Å²) in [5.74, 6) is 1.59. The summed E-state index contributed by atoms with van der Waals surface area (Å²) in [4.78, 5) is 4.18. The number of nitrogens with zero attached hydrogens (tertiary/aromatic N) is 1. The van der Waals surface area contributed by atoms with Gasteiger partial charge in [-0.2, -0.15) is 0 Å². The summed E-state index contributed by atoms with van der Waals surface area (Å²) in [5.41, 5.74) is 3.19. The number of methoxy groups -OCH3 is 2. The molecule has 4 heteroatoms. The van der Waals surface area contributed by atoms with E-state index in [1.165, 1.54) is 0 Å². The number of anilines is 1. The molecule has 0 saturated heterocycles. The smallest absolute Gasteiger partial charge is 0.142 e. The molecule has 0 fully saturated rings. The van der Waals surface area contributed by atoms with E-state index < -0.39 is 0 Å². The van der Waals surface area contributed by atoms with E-state index in [4.69, 9.17) is 9.47 Å². The van der Waals surface area contributed by atoms with Gasteiger partial charge in [-0.15, -0.1) is 0 Å². The first kappa shape index (κ1) is 13.2. The van der Waals surface area contributed by atoms with Gasteiger partial charge in [-0.3, -0.25) is 4.98 Å². The highest BCUT2D eigenvalue weighted by atomic mass is 16.5. The molecule has 4 nitrogen and oxygen atoms in total. The van der Waals surface area contributed by atoms with Crippen molar-refractivity contribution in [3.63, 3.8) is 0 Å². The van der Waals surface area contributed by atoms with Crippen molar-refractivity contribution in [3.8, 4) is 11.5 Å². The van der Waals surface area contributed by atoms with Crippen LogP contribution in [-0.4, -0.2) is 19.2 Å². The molecule has 1 aromatic carbocycles. The summed E-state index contributed by atoms with van der Waals surface area (Å²) in [6.07, 6.45) is 3.70. The number of hydrogen-bond donors (Lipinski definition) is 1. The van der Waals surface area contributed by atoms with E-state index in [2.05, 4.69) is 16.4 Å². The minimum Gasteiger partial charge on any atom is -0.497 e. The Hall–Kier alpha value is -2.23. The van der Waals surface area contributed by atoms with Crippen LogP contribution in [0.3, 0.4) is 0 Å². The maximum Gasteiger partial charge on any atom is 0.142 e. The molecule has 0 atom stereocenters. The summed E-state index contributed by atoms with van der Waals surface area (Å²) in [5, 5.41) is 3.34. The van der Waals surface area contributed by atoms with Crippen molar-refractivity contribution < 1.29 is 9.47 Å². The van der Waals surface area contributed by atoms with Gasteiger partial charge in [0.2, 0.25) is 0 Å². The zero-order valence-corrected chi connectivity index (χ0v) is 11.4. The van der Waals surface area contributed by atoms with E-state index in [1.807, 2.05) is 37.5 Å². The summed E-state index contributed by atoms with van der Waals surface area (Å²) in [6, 6.07) is 7.78. The Morgan fingerprint density at radius 3 is 2.63 bits per heavy atom. The van der Waals surface area contributed by atoms with Crippen molar-refractivity contribution in [2.24, 2.45) is 0 Å². The summed E-state index contributed by atoms with van der Waals surface area (Å²) >= 11 is 0. The van der Waals surface area contributed by atoms with Crippen LogP contribution in [-0.2, 0) is 6.54 Å². The standard InChI is InChI=1S/C15H18N2O2/c1-11-6-12(9-16-8-11)10-17-14-7-13(18-2)4-5-15(14)19-3/h4-9,17H,10H2,1-3H3. The number of rotatable bonds is 5. The van der Waals surface area contributed by atoms with Crippen LogP contribution in [0.4, 0.5) is 5.69 Å². The molecule has 0 spiro atoms. The highest BCUT2D eigenvalue weighted by Gasteiger charge is 2.04. The van der Waals surface area contributed by atoms with Crippen molar-refractivity contribution in [3.05, 3.63) is 47.8 Å². The second-order valence-corrected chi connectivity index (χ2v) is 4.29. The lowest BCUT2D eigenvalue weighted by Crippen LogP contribution is -2.02. The van der Waals surface area contributed by atoms with Crippen LogP contribution in [0.2, 0.25) is 0 Å². The first-order valence-electron chi connectivity index (χ1n) is 6.09. The average molecular weight is 258 g/mol. The molecule has 2 aromatic rings. The molecule has 1 N–H and O–H groups in total. The zero-order valence-electron chi connectivity index (χ0n) is 11.4. The molecular weight excluding hydrogens is 240 g/mol. The van der Waals surface area contributed by atoms with Gasteiger partial charge in [-0.05, 0) is 30.2 Å². The van der Waals surface area contributed by atoms with E-state index in [-0.39, 0.29) is 0 Å². The summed E-state index contributed by atoms with van der Waals surface area (Å²) < 4.78 is 10.5. The van der Waals surface area contributed by atoms with Crippen molar-refractivity contribution in [1.82, 2.24) is 4.98 Å². The molecule has 19 heavy (non-hydrogen) atoms. The number of nitrogens with one attached hydrogen (secondary N) is 1. The van der Waals surface area contributed by atoms with Gasteiger partial charge in [0, 0.05) is 25.0 Å². The fourth-order valence-electron chi connectivity index (χ4n) is 1.86. The van der Waals surface area contributed by atoms with Crippen LogP contribution < -0.4 is 14.8 Å². The largest absolute Gasteiger partial charge is 0.497 e. The third-order valence-electron chi connectivity index (χ3n) is 2.82. The Bertz CT molecular complexity index is 556. The second kappa shape index (κ2) is 6.09. The molecule has 2 rings (SSSR count). The molecule has 1 heterocycles. The minimum atomic E-state index is 0.693. The van der Waals surface area contributed by atoms with Gasteiger partial charge in [0.15, 0.2) is 0 Å². The molecule has 0 saturated carbocycles. The van der Waals surface area contributed by atoms with E-state index in [1.54, 1.807) is 14.2 Å². The number of ether oxygens (including phenoxy) is 2. The zero-order chi connectivity index (χ0) is 13.7. The van der Waals surface area contributed by atoms with Gasteiger partial charge in [-0.25, -0.2) is 0 Å². The van der Waals surface area contributed by atoms with Crippen LogP contribution in [0.15, 0.2) is 36.7 Å². The van der Waals surface area contributed by atoms with Crippen LogP contribution in [0.5, 0.6) is 11.5 Å². The van der Waals surface area contributed by atoms with Gasteiger partial charge in [0.1, 0.15) is 11.5 Å². The quantitative estimate of drug-likeness (QED) is 0.895. The topological polar surface area (TPSA) is 43.4 Å². The molecule has 0 amide bonds. The maximum atomic E-state index is 5.32. The van der Waals surface area contributed by atoms with E-state index in [9.17, 15) is 0 Å². The predicted molar refractivity (Wildman–Crippen MR) is 75.8 cm³/mol. The second-order valence-electron chi connectivity index (χ2n) is 4.29. The van der Waals surface area contributed by atoms with Gasteiger partial charge < -0.3 is 14.8 Å². The third-order valence-corrected chi connectivity index (χ3v) is 2.82. The molecule has 0 bridgehead atoms. The Labute approximate surface area is 113 Å².